The minimum absolute atomic E-state index is 0.679. The van der Waals surface area contributed by atoms with Gasteiger partial charge in [0, 0.05) is 29.3 Å². The molecule has 0 saturated heterocycles. The lowest BCUT2D eigenvalue weighted by Gasteiger charge is -2.12. The van der Waals surface area contributed by atoms with Crippen LogP contribution >= 0.6 is 0 Å². The second kappa shape index (κ2) is 8.08. The Morgan fingerprint density at radius 3 is 2.79 bits per heavy atom. The Morgan fingerprint density at radius 1 is 1.07 bits per heavy atom. The second-order valence-electron chi connectivity index (χ2n) is 7.26. The Kier molecular flexibility index (Phi) is 5.18. The van der Waals surface area contributed by atoms with Crippen LogP contribution in [-0.4, -0.2) is 11.5 Å². The van der Waals surface area contributed by atoms with Crippen LogP contribution in [0.1, 0.15) is 22.3 Å². The van der Waals surface area contributed by atoms with Gasteiger partial charge in [-0.25, -0.2) is 0 Å². The van der Waals surface area contributed by atoms with Crippen LogP contribution in [-0.2, 0) is 6.42 Å². The highest BCUT2D eigenvalue weighted by Crippen LogP contribution is 2.26. The van der Waals surface area contributed by atoms with Crippen molar-refractivity contribution in [1.29, 1.82) is 5.26 Å². The summed E-state index contributed by atoms with van der Waals surface area (Å²) in [6.07, 6.45) is 3.01. The maximum Gasteiger partial charge on any atom is 0.0998 e. The number of H-pyrrole nitrogens is 1. The normalized spacial score (nSPS) is 10.6. The minimum atomic E-state index is 0.679. The lowest BCUT2D eigenvalue weighted by molar-refractivity contribution is 0.853. The molecule has 3 nitrogen and oxygen atoms in total. The quantitative estimate of drug-likeness (QED) is 0.445. The van der Waals surface area contributed by atoms with Crippen molar-refractivity contribution in [2.75, 3.05) is 6.54 Å². The van der Waals surface area contributed by atoms with E-state index in [1.807, 2.05) is 42.5 Å². The lowest BCUT2D eigenvalue weighted by atomic mass is 9.98. The first-order valence-electron chi connectivity index (χ1n) is 9.75. The fourth-order valence-electron chi connectivity index (χ4n) is 3.66. The molecule has 0 unspecified atom stereocenters. The average Bonchev–Trinajstić information content (AvgIpc) is 3.15. The van der Waals surface area contributed by atoms with E-state index in [2.05, 4.69) is 60.3 Å². The third kappa shape index (κ3) is 3.93. The van der Waals surface area contributed by atoms with Crippen molar-refractivity contribution in [2.45, 2.75) is 13.3 Å². The maximum absolute atomic E-state index is 9.37. The first-order valence-corrected chi connectivity index (χ1v) is 9.75. The second-order valence-corrected chi connectivity index (χ2v) is 7.26. The van der Waals surface area contributed by atoms with Gasteiger partial charge >= 0.3 is 0 Å². The van der Waals surface area contributed by atoms with E-state index in [0.29, 0.717) is 5.56 Å². The molecule has 29 heavy (non-hydrogen) atoms. The predicted octanol–water partition coefficient (Wildman–Crippen LogP) is 5.82. The van der Waals surface area contributed by atoms with Gasteiger partial charge < -0.3 is 10.3 Å². The Bertz CT molecular complexity index is 1220. The fraction of sp³-hybridized carbons (Fsp3) is 0.115. The number of hydrogen-bond donors (Lipinski definition) is 2. The van der Waals surface area contributed by atoms with Gasteiger partial charge in [-0.05, 0) is 59.9 Å². The SMILES string of the molecule is C=C(NCCc1c[nH]c2ccc(C)cc12)c1cccc(-c2ccccc2C#N)c1. The van der Waals surface area contributed by atoms with Gasteiger partial charge in [-0.1, -0.05) is 54.6 Å². The minimum Gasteiger partial charge on any atom is -0.385 e. The first kappa shape index (κ1) is 18.6. The van der Waals surface area contributed by atoms with E-state index in [-0.39, 0.29) is 0 Å². The van der Waals surface area contributed by atoms with Gasteiger partial charge in [-0.15, -0.1) is 0 Å². The number of rotatable bonds is 6. The zero-order valence-electron chi connectivity index (χ0n) is 16.5. The number of fused-ring (bicyclic) bond motifs is 1. The standard InChI is InChI=1S/C26H23N3/c1-18-10-11-26-25(14-18)23(17-29-26)12-13-28-19(2)20-7-5-8-21(15-20)24-9-4-3-6-22(24)16-27/h3-11,14-15,17,28-29H,2,12-13H2,1H3. The molecule has 0 bridgehead atoms. The Balaban J connectivity index is 1.46. The monoisotopic (exact) mass is 377 g/mol. The van der Waals surface area contributed by atoms with Gasteiger partial charge in [0.15, 0.2) is 0 Å². The summed E-state index contributed by atoms with van der Waals surface area (Å²) in [5.41, 5.74) is 8.31. The molecule has 0 atom stereocenters. The van der Waals surface area contributed by atoms with Gasteiger partial charge in [-0.3, -0.25) is 0 Å². The number of benzene rings is 3. The van der Waals surface area contributed by atoms with E-state index in [4.69, 9.17) is 0 Å². The number of nitrogens with zero attached hydrogens (tertiary/aromatic N) is 1. The third-order valence-electron chi connectivity index (χ3n) is 5.23. The summed E-state index contributed by atoms with van der Waals surface area (Å²) in [4.78, 5) is 3.35. The number of aromatic nitrogens is 1. The topological polar surface area (TPSA) is 51.6 Å². The van der Waals surface area contributed by atoms with Crippen molar-refractivity contribution >= 4 is 16.6 Å². The van der Waals surface area contributed by atoms with E-state index in [1.165, 1.54) is 22.0 Å². The number of hydrogen-bond acceptors (Lipinski definition) is 2. The summed E-state index contributed by atoms with van der Waals surface area (Å²) in [6.45, 7) is 7.14. The zero-order chi connectivity index (χ0) is 20.2. The zero-order valence-corrected chi connectivity index (χ0v) is 16.5. The van der Waals surface area contributed by atoms with Gasteiger partial charge in [0.2, 0.25) is 0 Å². The van der Waals surface area contributed by atoms with E-state index in [1.54, 1.807) is 0 Å². The van der Waals surface area contributed by atoms with Crippen LogP contribution in [0.5, 0.6) is 0 Å². The largest absolute Gasteiger partial charge is 0.385 e. The summed E-state index contributed by atoms with van der Waals surface area (Å²) in [6, 6.07) is 24.6. The Morgan fingerprint density at radius 2 is 1.93 bits per heavy atom. The highest BCUT2D eigenvalue weighted by molar-refractivity contribution is 5.84. The van der Waals surface area contributed by atoms with Crippen molar-refractivity contribution in [2.24, 2.45) is 0 Å². The summed E-state index contributed by atoms with van der Waals surface area (Å²) < 4.78 is 0. The molecular formula is C26H23N3. The van der Waals surface area contributed by atoms with E-state index in [0.717, 1.165) is 35.4 Å². The maximum atomic E-state index is 9.37. The van der Waals surface area contributed by atoms with Gasteiger partial charge in [-0.2, -0.15) is 5.26 Å². The van der Waals surface area contributed by atoms with Crippen LogP contribution in [0.2, 0.25) is 0 Å². The molecule has 4 aromatic rings. The molecule has 0 spiro atoms. The van der Waals surface area contributed by atoms with Crippen LogP contribution in [0.15, 0.2) is 79.5 Å². The Labute approximate surface area is 171 Å². The average molecular weight is 377 g/mol. The summed E-state index contributed by atoms with van der Waals surface area (Å²) >= 11 is 0. The van der Waals surface area contributed by atoms with Gasteiger partial charge in [0.1, 0.15) is 0 Å². The number of nitriles is 1. The molecule has 0 aliphatic heterocycles. The molecular weight excluding hydrogens is 354 g/mol. The lowest BCUT2D eigenvalue weighted by Crippen LogP contribution is -2.15. The van der Waals surface area contributed by atoms with E-state index >= 15 is 0 Å². The van der Waals surface area contributed by atoms with Crippen LogP contribution in [0.25, 0.3) is 27.7 Å². The molecule has 0 saturated carbocycles. The molecule has 3 heteroatoms. The fourth-order valence-corrected chi connectivity index (χ4v) is 3.66. The highest BCUT2D eigenvalue weighted by Gasteiger charge is 2.07. The van der Waals surface area contributed by atoms with Crippen LogP contribution in [0, 0.1) is 18.3 Å². The molecule has 1 aromatic heterocycles. The van der Waals surface area contributed by atoms with Crippen molar-refractivity contribution in [3.8, 4) is 17.2 Å². The molecule has 1 heterocycles. The summed E-state index contributed by atoms with van der Waals surface area (Å²) in [5.74, 6) is 0. The van der Waals surface area contributed by atoms with Crippen LogP contribution in [0.3, 0.4) is 0 Å². The van der Waals surface area contributed by atoms with Crippen molar-refractivity contribution < 1.29 is 0 Å². The molecule has 3 aromatic carbocycles. The molecule has 4 rings (SSSR count). The number of aryl methyl sites for hydroxylation is 1. The van der Waals surface area contributed by atoms with Gasteiger partial charge in [0.25, 0.3) is 0 Å². The van der Waals surface area contributed by atoms with Crippen molar-refractivity contribution in [3.05, 3.63) is 102 Å². The Hall–Kier alpha value is -3.77. The van der Waals surface area contributed by atoms with Crippen LogP contribution in [0.4, 0.5) is 0 Å². The molecule has 2 N–H and O–H groups in total. The molecule has 0 aliphatic rings. The molecule has 0 radical (unpaired) electrons. The molecule has 0 fully saturated rings. The van der Waals surface area contributed by atoms with Crippen molar-refractivity contribution in [1.82, 2.24) is 10.3 Å². The molecule has 0 amide bonds. The van der Waals surface area contributed by atoms with E-state index < -0.39 is 0 Å². The van der Waals surface area contributed by atoms with Crippen molar-refractivity contribution in [3.63, 3.8) is 0 Å². The highest BCUT2D eigenvalue weighted by atomic mass is 14.9. The summed E-state index contributed by atoms with van der Waals surface area (Å²) in [5, 5.41) is 14.1. The first-order chi connectivity index (χ1) is 14.2. The molecule has 0 aliphatic carbocycles. The van der Waals surface area contributed by atoms with Gasteiger partial charge in [0.05, 0.1) is 11.6 Å². The predicted molar refractivity (Wildman–Crippen MR) is 120 cm³/mol. The molecule has 142 valence electrons. The smallest absolute Gasteiger partial charge is 0.0998 e. The summed E-state index contributed by atoms with van der Waals surface area (Å²) in [7, 11) is 0. The third-order valence-corrected chi connectivity index (χ3v) is 5.23. The van der Waals surface area contributed by atoms with Crippen LogP contribution < -0.4 is 5.32 Å². The number of nitrogens with one attached hydrogen (secondary N) is 2. The number of aromatic amines is 1. The van der Waals surface area contributed by atoms with E-state index in [9.17, 15) is 5.26 Å².